The van der Waals surface area contributed by atoms with Crippen LogP contribution in [0.5, 0.6) is 5.75 Å². The van der Waals surface area contributed by atoms with E-state index in [-0.39, 0.29) is 23.6 Å². The Bertz CT molecular complexity index is 891. The number of aliphatic carboxylic acids is 1. The SMILES string of the molecule is NCCCOc1ccc(C[C@H](NC(=O)C(F)(F)F)C(=O)O)c(NC(=O)CCCCCN=C(N)N)c1. The van der Waals surface area contributed by atoms with Crippen LogP contribution in [-0.2, 0) is 20.8 Å². The molecule has 0 spiro atoms. The molecule has 0 fully saturated rings. The average molecular weight is 505 g/mol. The number of ether oxygens (including phenoxy) is 1. The lowest BCUT2D eigenvalue weighted by molar-refractivity contribution is -0.175. The van der Waals surface area contributed by atoms with Crippen LogP contribution in [0.4, 0.5) is 18.9 Å². The largest absolute Gasteiger partial charge is 0.493 e. The fourth-order valence-corrected chi connectivity index (χ4v) is 2.87. The van der Waals surface area contributed by atoms with Gasteiger partial charge in [0.25, 0.3) is 0 Å². The van der Waals surface area contributed by atoms with Crippen LogP contribution in [0.3, 0.4) is 0 Å². The molecule has 0 aliphatic carbocycles. The van der Waals surface area contributed by atoms with Crippen LogP contribution in [0, 0.1) is 0 Å². The van der Waals surface area contributed by atoms with E-state index in [4.69, 9.17) is 21.9 Å². The molecule has 1 rings (SSSR count). The van der Waals surface area contributed by atoms with Crippen molar-refractivity contribution in [2.45, 2.75) is 50.7 Å². The fourth-order valence-electron chi connectivity index (χ4n) is 2.87. The summed E-state index contributed by atoms with van der Waals surface area (Å²) in [5.74, 6) is -4.10. The zero-order chi connectivity index (χ0) is 26.4. The number of guanidine groups is 1. The highest BCUT2D eigenvalue weighted by molar-refractivity contribution is 5.92. The molecular formula is C21H31F3N6O5. The van der Waals surface area contributed by atoms with E-state index in [9.17, 15) is 32.7 Å². The highest BCUT2D eigenvalue weighted by atomic mass is 19.4. The van der Waals surface area contributed by atoms with E-state index in [1.54, 1.807) is 0 Å². The van der Waals surface area contributed by atoms with Crippen LogP contribution in [0.15, 0.2) is 23.2 Å². The van der Waals surface area contributed by atoms with Gasteiger partial charge in [-0.15, -0.1) is 0 Å². The number of benzene rings is 1. The van der Waals surface area contributed by atoms with Gasteiger partial charge in [0.2, 0.25) is 5.91 Å². The number of halogens is 3. The van der Waals surface area contributed by atoms with E-state index in [1.807, 2.05) is 0 Å². The number of carbonyl (C=O) groups excluding carboxylic acids is 2. The van der Waals surface area contributed by atoms with Crippen molar-refractivity contribution in [3.8, 4) is 5.75 Å². The minimum absolute atomic E-state index is 0.0186. The molecule has 196 valence electrons. The number of carboxylic acids is 1. The van der Waals surface area contributed by atoms with Gasteiger partial charge in [0.1, 0.15) is 11.8 Å². The molecule has 0 aliphatic heterocycles. The van der Waals surface area contributed by atoms with Crippen LogP contribution in [0.25, 0.3) is 0 Å². The van der Waals surface area contributed by atoms with E-state index in [1.165, 1.54) is 23.5 Å². The van der Waals surface area contributed by atoms with Crippen LogP contribution in [0.1, 0.15) is 37.7 Å². The summed E-state index contributed by atoms with van der Waals surface area (Å²) in [5.41, 5.74) is 16.3. The van der Waals surface area contributed by atoms with Crippen molar-refractivity contribution in [2.24, 2.45) is 22.2 Å². The van der Waals surface area contributed by atoms with Crippen LogP contribution in [-0.4, -0.2) is 60.8 Å². The Balaban J connectivity index is 2.94. The number of unbranched alkanes of at least 4 members (excludes halogenated alkanes) is 2. The number of carbonyl (C=O) groups is 3. The van der Waals surface area contributed by atoms with Crippen LogP contribution >= 0.6 is 0 Å². The number of rotatable bonds is 15. The van der Waals surface area contributed by atoms with Crippen molar-refractivity contribution in [3.63, 3.8) is 0 Å². The summed E-state index contributed by atoms with van der Waals surface area (Å²) in [5, 5.41) is 13.4. The van der Waals surface area contributed by atoms with Crippen molar-refractivity contribution in [3.05, 3.63) is 23.8 Å². The van der Waals surface area contributed by atoms with E-state index in [2.05, 4.69) is 10.3 Å². The van der Waals surface area contributed by atoms with Gasteiger partial charge < -0.3 is 37.7 Å². The Hall–Kier alpha value is -3.55. The topological polar surface area (TPSA) is 195 Å². The molecule has 0 saturated carbocycles. The van der Waals surface area contributed by atoms with Gasteiger partial charge in [-0.05, 0) is 37.4 Å². The second-order valence-electron chi connectivity index (χ2n) is 7.54. The van der Waals surface area contributed by atoms with Gasteiger partial charge in [0, 0.05) is 31.1 Å². The third kappa shape index (κ3) is 11.9. The van der Waals surface area contributed by atoms with Crippen molar-refractivity contribution < 1.29 is 37.4 Å². The minimum atomic E-state index is -5.24. The molecule has 0 bridgehead atoms. The van der Waals surface area contributed by atoms with E-state index in [0.29, 0.717) is 51.1 Å². The molecule has 11 nitrogen and oxygen atoms in total. The van der Waals surface area contributed by atoms with Crippen LogP contribution in [0.2, 0.25) is 0 Å². The Kier molecular flexibility index (Phi) is 12.3. The van der Waals surface area contributed by atoms with E-state index >= 15 is 0 Å². The lowest BCUT2D eigenvalue weighted by Gasteiger charge is -2.19. The van der Waals surface area contributed by atoms with Crippen molar-refractivity contribution in [2.75, 3.05) is 25.0 Å². The van der Waals surface area contributed by atoms with Crippen LogP contribution < -0.4 is 32.6 Å². The highest BCUT2D eigenvalue weighted by Crippen LogP contribution is 2.25. The number of nitrogens with two attached hydrogens (primary N) is 3. The van der Waals surface area contributed by atoms with Gasteiger partial charge in [-0.2, -0.15) is 13.2 Å². The average Bonchev–Trinajstić information content (AvgIpc) is 2.76. The first-order valence-electron chi connectivity index (χ1n) is 10.9. The van der Waals surface area contributed by atoms with Gasteiger partial charge in [-0.3, -0.25) is 14.6 Å². The number of nitrogens with zero attached hydrogens (tertiary/aromatic N) is 1. The number of carboxylic acid groups (broad SMARTS) is 1. The smallest absolute Gasteiger partial charge is 0.471 e. The summed E-state index contributed by atoms with van der Waals surface area (Å²) in [7, 11) is 0. The summed E-state index contributed by atoms with van der Waals surface area (Å²) in [6.45, 7) is 1.11. The summed E-state index contributed by atoms with van der Waals surface area (Å²) in [6.07, 6.45) is -3.20. The molecule has 0 heterocycles. The van der Waals surface area contributed by atoms with Crippen molar-refractivity contribution in [1.29, 1.82) is 0 Å². The van der Waals surface area contributed by atoms with E-state index in [0.717, 1.165) is 0 Å². The van der Waals surface area contributed by atoms with Crippen molar-refractivity contribution in [1.82, 2.24) is 5.32 Å². The molecule has 14 heteroatoms. The van der Waals surface area contributed by atoms with Crippen molar-refractivity contribution >= 4 is 29.4 Å². The monoisotopic (exact) mass is 504 g/mol. The minimum Gasteiger partial charge on any atom is -0.493 e. The number of amides is 2. The summed E-state index contributed by atoms with van der Waals surface area (Å²) < 4.78 is 43.3. The normalized spacial score (nSPS) is 11.9. The second-order valence-corrected chi connectivity index (χ2v) is 7.54. The number of nitrogens with one attached hydrogen (secondary N) is 2. The number of aliphatic imine (C=N–C) groups is 1. The quantitative estimate of drug-likeness (QED) is 0.115. The van der Waals surface area contributed by atoms with Gasteiger partial charge >= 0.3 is 18.1 Å². The predicted molar refractivity (Wildman–Crippen MR) is 123 cm³/mol. The second kappa shape index (κ2) is 14.7. The summed E-state index contributed by atoms with van der Waals surface area (Å²) in [6, 6.07) is 2.46. The Morgan fingerprint density at radius 2 is 1.83 bits per heavy atom. The van der Waals surface area contributed by atoms with Gasteiger partial charge in [-0.25, -0.2) is 4.79 Å². The lowest BCUT2D eigenvalue weighted by Crippen LogP contribution is -2.48. The molecule has 0 unspecified atom stereocenters. The molecule has 1 aromatic carbocycles. The molecule has 0 radical (unpaired) electrons. The fraction of sp³-hybridized carbons (Fsp3) is 0.524. The highest BCUT2D eigenvalue weighted by Gasteiger charge is 2.41. The number of alkyl halides is 3. The number of hydrogen-bond acceptors (Lipinski definition) is 6. The molecule has 35 heavy (non-hydrogen) atoms. The zero-order valence-electron chi connectivity index (χ0n) is 19.1. The van der Waals surface area contributed by atoms with E-state index < -0.39 is 36.4 Å². The Morgan fingerprint density at radius 1 is 1.11 bits per heavy atom. The molecule has 1 aromatic rings. The number of anilines is 1. The molecule has 2 amide bonds. The Morgan fingerprint density at radius 3 is 2.43 bits per heavy atom. The number of hydrogen-bond donors (Lipinski definition) is 6. The summed E-state index contributed by atoms with van der Waals surface area (Å²) >= 11 is 0. The maximum atomic E-state index is 12.6. The zero-order valence-corrected chi connectivity index (χ0v) is 19.1. The van der Waals surface area contributed by atoms with Gasteiger partial charge in [-0.1, -0.05) is 12.5 Å². The first-order chi connectivity index (χ1) is 16.4. The molecule has 1 atom stereocenters. The first-order valence-corrected chi connectivity index (χ1v) is 10.9. The molecule has 0 aliphatic rings. The maximum absolute atomic E-state index is 12.6. The maximum Gasteiger partial charge on any atom is 0.471 e. The third-order valence-corrected chi connectivity index (χ3v) is 4.61. The first kappa shape index (κ1) is 29.5. The summed E-state index contributed by atoms with van der Waals surface area (Å²) in [4.78, 5) is 39.0. The standard InChI is InChI=1S/C21H31F3N6O5/c22-21(23,24)19(34)30-16(18(32)33)11-13-6-7-14(35-10-4-8-25)12-15(13)29-17(31)5-2-1-3-9-28-20(26)27/h6-7,12,16H,1-5,8-11,25H2,(H,29,31)(H,30,34)(H,32,33)(H4,26,27,28)/t16-/m0/s1. The lowest BCUT2D eigenvalue weighted by atomic mass is 10.0. The van der Waals surface area contributed by atoms with Gasteiger partial charge in [0.15, 0.2) is 5.96 Å². The van der Waals surface area contributed by atoms with Gasteiger partial charge in [0.05, 0.1) is 6.61 Å². The molecule has 0 saturated heterocycles. The molecule has 9 N–H and O–H groups in total. The Labute approximate surface area is 200 Å². The molecule has 0 aromatic heterocycles. The predicted octanol–water partition coefficient (Wildman–Crippen LogP) is 0.861. The third-order valence-electron chi connectivity index (χ3n) is 4.61. The molecular weight excluding hydrogens is 473 g/mol.